The summed E-state index contributed by atoms with van der Waals surface area (Å²) in [5.41, 5.74) is 2.76. The summed E-state index contributed by atoms with van der Waals surface area (Å²) in [6.07, 6.45) is 0.944. The van der Waals surface area contributed by atoms with Crippen molar-refractivity contribution in [2.24, 2.45) is 5.92 Å². The van der Waals surface area contributed by atoms with Crippen molar-refractivity contribution in [1.82, 2.24) is 15.8 Å². The lowest BCUT2D eigenvalue weighted by atomic mass is 10.1. The summed E-state index contributed by atoms with van der Waals surface area (Å²) in [5.74, 6) is 0.263. The Morgan fingerprint density at radius 3 is 2.67 bits per heavy atom. The van der Waals surface area contributed by atoms with Crippen LogP contribution >= 0.6 is 0 Å². The van der Waals surface area contributed by atoms with Crippen LogP contribution in [-0.2, 0) is 4.79 Å². The van der Waals surface area contributed by atoms with E-state index in [1.54, 1.807) is 5.01 Å². The summed E-state index contributed by atoms with van der Waals surface area (Å²) in [5, 5.41) is 4.93. The van der Waals surface area contributed by atoms with Crippen LogP contribution in [0.2, 0.25) is 0 Å². The number of nitrogens with zero attached hydrogens (tertiary/aromatic N) is 1. The molecule has 4 nitrogen and oxygen atoms in total. The highest BCUT2D eigenvalue weighted by atomic mass is 16.2. The first kappa shape index (κ1) is 9.48. The molecule has 1 aliphatic rings. The number of hydrogen-bond donors (Lipinski definition) is 2. The highest BCUT2D eigenvalue weighted by molar-refractivity contribution is 5.78. The third kappa shape index (κ3) is 2.46. The van der Waals surface area contributed by atoms with Gasteiger partial charge in [-0.3, -0.25) is 10.2 Å². The molecular weight excluding hydrogens is 154 g/mol. The maximum atomic E-state index is 11.4. The second kappa shape index (κ2) is 3.87. The molecule has 0 aromatic rings. The van der Waals surface area contributed by atoms with Crippen molar-refractivity contribution in [3.05, 3.63) is 0 Å². The van der Waals surface area contributed by atoms with Gasteiger partial charge in [-0.15, -0.1) is 0 Å². The van der Waals surface area contributed by atoms with Crippen molar-refractivity contribution in [3.63, 3.8) is 0 Å². The Hall–Kier alpha value is -0.610. The van der Waals surface area contributed by atoms with Gasteiger partial charge in [0, 0.05) is 26.7 Å². The quantitative estimate of drug-likeness (QED) is 0.554. The second-order valence-electron chi connectivity index (χ2n) is 3.61. The molecule has 1 rings (SSSR count). The fraction of sp³-hybridized carbons (Fsp3) is 0.875. The van der Waals surface area contributed by atoms with Crippen LogP contribution in [0.4, 0.5) is 0 Å². The lowest BCUT2D eigenvalue weighted by Gasteiger charge is -2.14. The minimum absolute atomic E-state index is 0.122. The molecule has 1 amide bonds. The van der Waals surface area contributed by atoms with E-state index in [4.69, 9.17) is 0 Å². The van der Waals surface area contributed by atoms with Gasteiger partial charge in [-0.25, -0.2) is 5.01 Å². The number of nitrogens with one attached hydrogen (secondary N) is 2. The number of carbonyl (C=O) groups excluding carboxylic acids is 1. The third-order valence-electron chi connectivity index (χ3n) is 2.06. The van der Waals surface area contributed by atoms with Gasteiger partial charge < -0.3 is 5.32 Å². The topological polar surface area (TPSA) is 44.4 Å². The molecular formula is C8H17N3O. The zero-order valence-electron chi connectivity index (χ0n) is 7.92. The Kier molecular flexibility index (Phi) is 3.05. The Labute approximate surface area is 73.3 Å². The van der Waals surface area contributed by atoms with Crippen molar-refractivity contribution < 1.29 is 4.79 Å². The van der Waals surface area contributed by atoms with E-state index in [0.717, 1.165) is 13.0 Å². The van der Waals surface area contributed by atoms with Crippen LogP contribution in [0, 0.1) is 5.92 Å². The Balaban J connectivity index is 2.33. The second-order valence-corrected chi connectivity index (χ2v) is 3.61. The predicted octanol–water partition coefficient (Wildman–Crippen LogP) is -0.423. The lowest BCUT2D eigenvalue weighted by molar-refractivity contribution is -0.128. The maximum Gasteiger partial charge on any atom is 0.238 e. The number of hydrogen-bond acceptors (Lipinski definition) is 3. The molecule has 0 aliphatic carbocycles. The van der Waals surface area contributed by atoms with Crippen molar-refractivity contribution in [1.29, 1.82) is 0 Å². The van der Waals surface area contributed by atoms with Gasteiger partial charge >= 0.3 is 0 Å². The standard InChI is InChI=1S/C8H17N3O/c1-6-4-7(5-9-6)8(12)10-11(2)3/h6-7,9H,4-5H2,1-3H3,(H,10,12)/t6-,7?/m1/s1. The van der Waals surface area contributed by atoms with Crippen LogP contribution in [0.1, 0.15) is 13.3 Å². The smallest absolute Gasteiger partial charge is 0.238 e. The Morgan fingerprint density at radius 2 is 2.25 bits per heavy atom. The SMILES string of the molecule is C[C@@H]1CC(C(=O)NN(C)C)CN1. The first-order valence-corrected chi connectivity index (χ1v) is 4.31. The van der Waals surface area contributed by atoms with Crippen LogP contribution in [0.25, 0.3) is 0 Å². The average Bonchev–Trinajstić information content (AvgIpc) is 2.34. The molecule has 1 aliphatic heterocycles. The first-order chi connectivity index (χ1) is 5.59. The van der Waals surface area contributed by atoms with E-state index >= 15 is 0 Å². The highest BCUT2D eigenvalue weighted by Gasteiger charge is 2.26. The zero-order valence-corrected chi connectivity index (χ0v) is 7.92. The molecule has 1 heterocycles. The van der Waals surface area contributed by atoms with Crippen LogP contribution < -0.4 is 10.7 Å². The summed E-state index contributed by atoms with van der Waals surface area (Å²) < 4.78 is 0. The molecule has 0 spiro atoms. The van der Waals surface area contributed by atoms with Crippen molar-refractivity contribution in [2.45, 2.75) is 19.4 Å². The lowest BCUT2D eigenvalue weighted by Crippen LogP contribution is -2.40. The van der Waals surface area contributed by atoms with Gasteiger partial charge in [-0.05, 0) is 13.3 Å². The molecule has 2 atom stereocenters. The molecule has 1 unspecified atom stereocenters. The van der Waals surface area contributed by atoms with Gasteiger partial charge in [0.25, 0.3) is 0 Å². The van der Waals surface area contributed by atoms with Crippen molar-refractivity contribution >= 4 is 5.91 Å². The summed E-state index contributed by atoms with van der Waals surface area (Å²) in [7, 11) is 3.65. The van der Waals surface area contributed by atoms with Gasteiger partial charge in [-0.2, -0.15) is 0 Å². The highest BCUT2D eigenvalue weighted by Crippen LogP contribution is 2.12. The monoisotopic (exact) mass is 171 g/mol. The fourth-order valence-electron chi connectivity index (χ4n) is 1.45. The van der Waals surface area contributed by atoms with E-state index in [-0.39, 0.29) is 11.8 Å². The molecule has 4 heteroatoms. The molecule has 70 valence electrons. The third-order valence-corrected chi connectivity index (χ3v) is 2.06. The molecule has 0 saturated carbocycles. The molecule has 1 fully saturated rings. The molecule has 0 bridgehead atoms. The van der Waals surface area contributed by atoms with Crippen LogP contribution in [0.3, 0.4) is 0 Å². The number of hydrazine groups is 1. The van der Waals surface area contributed by atoms with E-state index in [0.29, 0.717) is 6.04 Å². The normalized spacial score (nSPS) is 29.3. The van der Waals surface area contributed by atoms with Gasteiger partial charge in [0.15, 0.2) is 0 Å². The maximum absolute atomic E-state index is 11.4. The van der Waals surface area contributed by atoms with Crippen LogP contribution in [0.5, 0.6) is 0 Å². The molecule has 2 N–H and O–H groups in total. The van der Waals surface area contributed by atoms with Gasteiger partial charge in [0.1, 0.15) is 0 Å². The van der Waals surface area contributed by atoms with E-state index in [2.05, 4.69) is 17.7 Å². The minimum Gasteiger partial charge on any atom is -0.313 e. The van der Waals surface area contributed by atoms with Crippen LogP contribution in [0.15, 0.2) is 0 Å². The minimum atomic E-state index is 0.122. The van der Waals surface area contributed by atoms with E-state index in [1.165, 1.54) is 0 Å². The fourth-order valence-corrected chi connectivity index (χ4v) is 1.45. The summed E-state index contributed by atoms with van der Waals surface area (Å²) >= 11 is 0. The first-order valence-electron chi connectivity index (χ1n) is 4.31. The molecule has 0 aromatic heterocycles. The largest absolute Gasteiger partial charge is 0.313 e. The zero-order chi connectivity index (χ0) is 9.14. The number of amides is 1. The summed E-state index contributed by atoms with van der Waals surface area (Å²) in [6.45, 7) is 2.91. The van der Waals surface area contributed by atoms with E-state index < -0.39 is 0 Å². The molecule has 0 radical (unpaired) electrons. The van der Waals surface area contributed by atoms with Crippen molar-refractivity contribution in [2.75, 3.05) is 20.6 Å². The van der Waals surface area contributed by atoms with E-state index in [1.807, 2.05) is 14.1 Å². The van der Waals surface area contributed by atoms with Gasteiger partial charge in [-0.1, -0.05) is 0 Å². The predicted molar refractivity (Wildman–Crippen MR) is 47.4 cm³/mol. The van der Waals surface area contributed by atoms with Gasteiger partial charge in [0.2, 0.25) is 5.91 Å². The molecule has 12 heavy (non-hydrogen) atoms. The van der Waals surface area contributed by atoms with E-state index in [9.17, 15) is 4.79 Å². The van der Waals surface area contributed by atoms with Gasteiger partial charge in [0.05, 0.1) is 5.92 Å². The molecule has 0 aromatic carbocycles. The van der Waals surface area contributed by atoms with Crippen molar-refractivity contribution in [3.8, 4) is 0 Å². The van der Waals surface area contributed by atoms with Crippen LogP contribution in [-0.4, -0.2) is 37.6 Å². The number of rotatable bonds is 2. The summed E-state index contributed by atoms with van der Waals surface area (Å²) in [4.78, 5) is 11.4. The number of carbonyl (C=O) groups is 1. The Morgan fingerprint density at radius 1 is 1.58 bits per heavy atom. The molecule has 1 saturated heterocycles. The summed E-state index contributed by atoms with van der Waals surface area (Å²) in [6, 6.07) is 0.475. The average molecular weight is 171 g/mol. The Bertz CT molecular complexity index is 170.